The molecular weight excluding hydrogens is 546 g/mol. The van der Waals surface area contributed by atoms with Crippen LogP contribution in [0.4, 0.5) is 5.82 Å². The number of thiazole rings is 1. The number of unbranched alkanes of at least 4 members (excludes halogenated alkanes) is 3. The highest BCUT2D eigenvalue weighted by Crippen LogP contribution is 2.27. The zero-order valence-corrected chi connectivity index (χ0v) is 24.0. The standard InChI is InChI=1S/C29H33N5O4S2/c1-2-3-4-7-18-38-27(35)21-32-25-10-8-9-24(34-25)29(40(36,37)26-11-5-6-16-30-26)33-20-22-12-14-23(15-13-22)28-31-17-19-39-28/h5-6,8-17,19,29,33H,2-4,7,18,20-21H2,1H3,(H,32,34). The van der Waals surface area contributed by atoms with Gasteiger partial charge in [0.1, 0.15) is 17.4 Å². The van der Waals surface area contributed by atoms with E-state index in [1.165, 1.54) is 12.3 Å². The Morgan fingerprint density at radius 2 is 1.82 bits per heavy atom. The summed E-state index contributed by atoms with van der Waals surface area (Å²) in [4.78, 5) is 25.1. The lowest BCUT2D eigenvalue weighted by atomic mass is 10.1. The van der Waals surface area contributed by atoms with Gasteiger partial charge in [-0.25, -0.2) is 23.4 Å². The molecule has 0 fully saturated rings. The molecule has 0 bridgehead atoms. The van der Waals surface area contributed by atoms with Crippen molar-refractivity contribution in [1.82, 2.24) is 20.3 Å². The molecule has 3 aromatic heterocycles. The van der Waals surface area contributed by atoms with Crippen molar-refractivity contribution in [3.63, 3.8) is 0 Å². The maximum Gasteiger partial charge on any atom is 0.325 e. The van der Waals surface area contributed by atoms with E-state index in [1.54, 1.807) is 47.9 Å². The van der Waals surface area contributed by atoms with Crippen LogP contribution < -0.4 is 10.6 Å². The van der Waals surface area contributed by atoms with Crippen LogP contribution in [0.1, 0.15) is 49.2 Å². The van der Waals surface area contributed by atoms with Crippen molar-refractivity contribution >= 4 is 33.0 Å². The van der Waals surface area contributed by atoms with Gasteiger partial charge in [0.2, 0.25) is 9.84 Å². The highest BCUT2D eigenvalue weighted by atomic mass is 32.2. The van der Waals surface area contributed by atoms with E-state index in [0.717, 1.165) is 41.8 Å². The second-order valence-electron chi connectivity index (χ2n) is 9.09. The summed E-state index contributed by atoms with van der Waals surface area (Å²) < 4.78 is 32.6. The lowest BCUT2D eigenvalue weighted by Crippen LogP contribution is -2.30. The van der Waals surface area contributed by atoms with Crippen molar-refractivity contribution in [2.45, 2.75) is 49.6 Å². The van der Waals surface area contributed by atoms with Crippen LogP contribution in [0.3, 0.4) is 0 Å². The van der Waals surface area contributed by atoms with E-state index in [1.807, 2.05) is 29.6 Å². The van der Waals surface area contributed by atoms with Gasteiger partial charge in [-0.15, -0.1) is 11.3 Å². The molecule has 210 valence electrons. The number of hydrogen-bond acceptors (Lipinski definition) is 10. The van der Waals surface area contributed by atoms with Crippen LogP contribution in [-0.4, -0.2) is 42.5 Å². The number of hydrogen-bond donors (Lipinski definition) is 2. The average molecular weight is 580 g/mol. The smallest absolute Gasteiger partial charge is 0.325 e. The molecule has 2 N–H and O–H groups in total. The summed E-state index contributed by atoms with van der Waals surface area (Å²) in [5, 5.41) is 7.72. The molecule has 0 aliphatic rings. The minimum absolute atomic E-state index is 0.0570. The van der Waals surface area contributed by atoms with Crippen LogP contribution in [0.25, 0.3) is 10.6 Å². The molecule has 0 amide bonds. The molecule has 0 saturated carbocycles. The number of esters is 1. The minimum atomic E-state index is -3.95. The minimum Gasteiger partial charge on any atom is -0.464 e. The number of ether oxygens (including phenoxy) is 1. The first kappa shape index (κ1) is 29.3. The van der Waals surface area contributed by atoms with Crippen LogP contribution in [0.5, 0.6) is 0 Å². The lowest BCUT2D eigenvalue weighted by molar-refractivity contribution is -0.141. The Hall–Kier alpha value is -3.67. The molecule has 1 aromatic carbocycles. The van der Waals surface area contributed by atoms with Gasteiger partial charge in [-0.3, -0.25) is 10.1 Å². The fourth-order valence-corrected chi connectivity index (χ4v) is 6.09. The van der Waals surface area contributed by atoms with Crippen LogP contribution in [0, 0.1) is 0 Å². The van der Waals surface area contributed by atoms with Gasteiger partial charge < -0.3 is 10.1 Å². The third-order valence-electron chi connectivity index (χ3n) is 6.08. The highest BCUT2D eigenvalue weighted by Gasteiger charge is 2.31. The second kappa shape index (κ2) is 14.6. The number of anilines is 1. The fraction of sp³-hybridized carbons (Fsp3) is 0.310. The number of benzene rings is 1. The van der Waals surface area contributed by atoms with Crippen molar-refractivity contribution in [2.24, 2.45) is 0 Å². The Kier molecular flexibility index (Phi) is 10.7. The summed E-state index contributed by atoms with van der Waals surface area (Å²) in [5.74, 6) is -0.0167. The fourth-order valence-electron chi connectivity index (χ4n) is 3.98. The molecular formula is C29H33N5O4S2. The number of nitrogens with zero attached hydrogens (tertiary/aromatic N) is 3. The monoisotopic (exact) mass is 579 g/mol. The molecule has 3 heterocycles. The Balaban J connectivity index is 1.47. The predicted molar refractivity (Wildman–Crippen MR) is 156 cm³/mol. The maximum atomic E-state index is 13.7. The van der Waals surface area contributed by atoms with Crippen molar-refractivity contribution < 1.29 is 17.9 Å². The predicted octanol–water partition coefficient (Wildman–Crippen LogP) is 5.40. The molecule has 11 heteroatoms. The molecule has 0 spiro atoms. The second-order valence-corrected chi connectivity index (χ2v) is 12.0. The molecule has 0 saturated heterocycles. The average Bonchev–Trinajstić information content (AvgIpc) is 3.52. The number of nitrogens with one attached hydrogen (secondary N) is 2. The van der Waals surface area contributed by atoms with E-state index in [9.17, 15) is 13.2 Å². The first-order valence-electron chi connectivity index (χ1n) is 13.2. The number of carbonyl (C=O) groups is 1. The Morgan fingerprint density at radius 3 is 2.55 bits per heavy atom. The highest BCUT2D eigenvalue weighted by molar-refractivity contribution is 7.91. The van der Waals surface area contributed by atoms with Crippen molar-refractivity contribution in [3.8, 4) is 10.6 Å². The summed E-state index contributed by atoms with van der Waals surface area (Å²) >= 11 is 1.56. The largest absolute Gasteiger partial charge is 0.464 e. The zero-order chi connectivity index (χ0) is 28.2. The van der Waals surface area contributed by atoms with Gasteiger partial charge >= 0.3 is 5.97 Å². The van der Waals surface area contributed by atoms with Gasteiger partial charge in [0.25, 0.3) is 0 Å². The van der Waals surface area contributed by atoms with Gasteiger partial charge in [0.05, 0.1) is 12.3 Å². The summed E-state index contributed by atoms with van der Waals surface area (Å²) in [5.41, 5.74) is 2.18. The summed E-state index contributed by atoms with van der Waals surface area (Å²) in [6, 6.07) is 17.6. The van der Waals surface area contributed by atoms with Crippen LogP contribution in [0.15, 0.2) is 83.5 Å². The van der Waals surface area contributed by atoms with E-state index < -0.39 is 15.2 Å². The molecule has 9 nitrogen and oxygen atoms in total. The summed E-state index contributed by atoms with van der Waals surface area (Å²) in [6.45, 7) is 2.71. The first-order valence-corrected chi connectivity index (χ1v) is 15.6. The maximum absolute atomic E-state index is 13.7. The number of sulfone groups is 1. The van der Waals surface area contributed by atoms with E-state index in [-0.39, 0.29) is 29.8 Å². The van der Waals surface area contributed by atoms with Crippen molar-refractivity contribution in [1.29, 1.82) is 0 Å². The molecule has 4 rings (SSSR count). The van der Waals surface area contributed by atoms with E-state index in [2.05, 4.69) is 32.5 Å². The summed E-state index contributed by atoms with van der Waals surface area (Å²) in [6.07, 6.45) is 7.29. The first-order chi connectivity index (χ1) is 19.5. The number of aromatic nitrogens is 3. The Bertz CT molecular complexity index is 1450. The molecule has 0 radical (unpaired) electrons. The van der Waals surface area contributed by atoms with Crippen molar-refractivity contribution in [2.75, 3.05) is 18.5 Å². The molecule has 1 atom stereocenters. The molecule has 40 heavy (non-hydrogen) atoms. The van der Waals surface area contributed by atoms with Gasteiger partial charge in [0, 0.05) is 29.9 Å². The number of pyridine rings is 2. The third kappa shape index (κ3) is 8.17. The van der Waals surface area contributed by atoms with Gasteiger partial charge in [-0.2, -0.15) is 0 Å². The topological polar surface area (TPSA) is 123 Å². The Morgan fingerprint density at radius 1 is 0.975 bits per heavy atom. The molecule has 0 aliphatic heterocycles. The van der Waals surface area contributed by atoms with Gasteiger partial charge in [-0.1, -0.05) is 62.6 Å². The Labute approximate surface area is 239 Å². The van der Waals surface area contributed by atoms with E-state index in [4.69, 9.17) is 4.74 Å². The SMILES string of the molecule is CCCCCCOC(=O)CNc1cccc(C(NCc2ccc(-c3nccs3)cc2)S(=O)(=O)c2ccccn2)n1. The molecule has 0 aliphatic carbocycles. The molecule has 1 unspecified atom stereocenters. The summed E-state index contributed by atoms with van der Waals surface area (Å²) in [7, 11) is -3.95. The number of carbonyl (C=O) groups excluding carboxylic acids is 1. The third-order valence-corrected chi connectivity index (χ3v) is 8.75. The van der Waals surface area contributed by atoms with Crippen LogP contribution >= 0.6 is 11.3 Å². The van der Waals surface area contributed by atoms with E-state index in [0.29, 0.717) is 12.4 Å². The molecule has 4 aromatic rings. The van der Waals surface area contributed by atoms with Crippen LogP contribution in [0.2, 0.25) is 0 Å². The van der Waals surface area contributed by atoms with Gasteiger partial charge in [-0.05, 0) is 36.2 Å². The number of rotatable bonds is 15. The van der Waals surface area contributed by atoms with E-state index >= 15 is 0 Å². The van der Waals surface area contributed by atoms with Crippen LogP contribution in [-0.2, 0) is 25.9 Å². The normalized spacial score (nSPS) is 12.1. The quantitative estimate of drug-likeness (QED) is 0.141. The lowest BCUT2D eigenvalue weighted by Gasteiger charge is -2.19. The zero-order valence-electron chi connectivity index (χ0n) is 22.3. The van der Waals surface area contributed by atoms with Gasteiger partial charge in [0.15, 0.2) is 10.4 Å². The van der Waals surface area contributed by atoms with Crippen molar-refractivity contribution in [3.05, 3.63) is 89.7 Å².